The minimum atomic E-state index is -3.79. The third kappa shape index (κ3) is 3.63. The molecule has 10 heteroatoms. The summed E-state index contributed by atoms with van der Waals surface area (Å²) in [7, 11) is -2.36. The third-order valence-electron chi connectivity index (χ3n) is 3.49. The van der Waals surface area contributed by atoms with Crippen molar-refractivity contribution in [3.63, 3.8) is 0 Å². The lowest BCUT2D eigenvalue weighted by molar-refractivity contribution is 0.581. The van der Waals surface area contributed by atoms with Gasteiger partial charge in [0, 0.05) is 13.6 Å². The van der Waals surface area contributed by atoms with E-state index < -0.39 is 15.7 Å². The summed E-state index contributed by atoms with van der Waals surface area (Å²) in [6.07, 6.45) is 0. The maximum atomic E-state index is 12.5. The van der Waals surface area contributed by atoms with E-state index >= 15 is 0 Å². The monoisotopic (exact) mass is 379 g/mol. The van der Waals surface area contributed by atoms with E-state index in [0.717, 1.165) is 14.9 Å². The van der Waals surface area contributed by atoms with E-state index in [0.29, 0.717) is 0 Å². The van der Waals surface area contributed by atoms with E-state index in [2.05, 4.69) is 15.1 Å². The summed E-state index contributed by atoms with van der Waals surface area (Å²) in [5.74, 6) is 0. The molecule has 0 amide bonds. The number of aryl methyl sites for hydroxylation is 1. The van der Waals surface area contributed by atoms with Gasteiger partial charge in [0.2, 0.25) is 10.0 Å². The van der Waals surface area contributed by atoms with Crippen LogP contribution in [0.3, 0.4) is 0 Å². The molecule has 3 aromatic rings. The molecule has 0 aliphatic heterocycles. The average molecular weight is 380 g/mol. The van der Waals surface area contributed by atoms with Crippen molar-refractivity contribution in [3.8, 4) is 5.69 Å². The highest BCUT2D eigenvalue weighted by atomic mass is 35.5. The Morgan fingerprint density at radius 3 is 2.48 bits per heavy atom. The molecule has 0 atom stereocenters. The van der Waals surface area contributed by atoms with Crippen LogP contribution >= 0.6 is 11.6 Å². The lowest BCUT2D eigenvalue weighted by Crippen LogP contribution is -2.25. The second-order valence-corrected chi connectivity index (χ2v) is 7.39. The Labute approximate surface area is 148 Å². The van der Waals surface area contributed by atoms with Crippen molar-refractivity contribution in [1.29, 1.82) is 0 Å². The average Bonchev–Trinajstić information content (AvgIpc) is 2.93. The number of hydrogen-bond acceptors (Lipinski definition) is 5. The van der Waals surface area contributed by atoms with E-state index in [1.165, 1.54) is 25.2 Å². The molecule has 130 valence electrons. The zero-order chi connectivity index (χ0) is 18.0. The fourth-order valence-corrected chi connectivity index (χ4v) is 3.38. The van der Waals surface area contributed by atoms with E-state index in [-0.39, 0.29) is 22.2 Å². The van der Waals surface area contributed by atoms with Gasteiger partial charge in [-0.05, 0) is 34.2 Å². The molecular formula is C15H14ClN5O3S. The number of halogens is 1. The second-order valence-electron chi connectivity index (χ2n) is 5.22. The van der Waals surface area contributed by atoms with Gasteiger partial charge in [-0.1, -0.05) is 41.9 Å². The van der Waals surface area contributed by atoms with Crippen molar-refractivity contribution in [1.82, 2.24) is 24.5 Å². The smallest absolute Gasteiger partial charge is 0.244 e. The zero-order valence-electron chi connectivity index (χ0n) is 13.1. The summed E-state index contributed by atoms with van der Waals surface area (Å²) in [5.41, 5.74) is 0.432. The molecule has 3 rings (SSSR count). The number of aromatic nitrogens is 4. The highest BCUT2D eigenvalue weighted by Gasteiger charge is 2.18. The largest absolute Gasteiger partial charge is 0.368 e. The van der Waals surface area contributed by atoms with Gasteiger partial charge in [0.15, 0.2) is 0 Å². The van der Waals surface area contributed by atoms with Gasteiger partial charge in [0.25, 0.3) is 0 Å². The molecule has 0 saturated carbocycles. The van der Waals surface area contributed by atoms with Gasteiger partial charge in [-0.3, -0.25) is 0 Å². The number of tetrazole rings is 1. The first-order valence-electron chi connectivity index (χ1n) is 7.21. The van der Waals surface area contributed by atoms with Crippen molar-refractivity contribution in [3.05, 3.63) is 69.6 Å². The van der Waals surface area contributed by atoms with Crippen LogP contribution in [0, 0.1) is 0 Å². The maximum absolute atomic E-state index is 12.5. The molecule has 0 unspecified atom stereocenters. The fraction of sp³-hybridized carbons (Fsp3) is 0.133. The lowest BCUT2D eigenvalue weighted by atomic mass is 10.2. The molecule has 0 aliphatic carbocycles. The van der Waals surface area contributed by atoms with Gasteiger partial charge < -0.3 is 0 Å². The van der Waals surface area contributed by atoms with Crippen LogP contribution in [0.2, 0.25) is 5.02 Å². The zero-order valence-corrected chi connectivity index (χ0v) is 14.7. The first-order valence-corrected chi connectivity index (χ1v) is 9.07. The Bertz CT molecular complexity index is 1060. The minimum absolute atomic E-state index is 0.0274. The molecule has 1 N–H and O–H groups in total. The quantitative estimate of drug-likeness (QED) is 0.715. The Kier molecular flexibility index (Phi) is 4.71. The van der Waals surface area contributed by atoms with Crippen LogP contribution in [0.25, 0.3) is 5.69 Å². The number of sulfonamides is 1. The van der Waals surface area contributed by atoms with E-state index in [9.17, 15) is 13.2 Å². The van der Waals surface area contributed by atoms with Gasteiger partial charge in [-0.15, -0.1) is 0 Å². The molecule has 0 fully saturated rings. The highest BCUT2D eigenvalue weighted by molar-refractivity contribution is 7.89. The molecule has 25 heavy (non-hydrogen) atoms. The van der Waals surface area contributed by atoms with Crippen LogP contribution in [0.5, 0.6) is 0 Å². The molecule has 1 heterocycles. The molecule has 0 aliphatic rings. The van der Waals surface area contributed by atoms with E-state index in [4.69, 9.17) is 11.6 Å². The lowest BCUT2D eigenvalue weighted by Gasteiger charge is -2.09. The van der Waals surface area contributed by atoms with Gasteiger partial charge in [0.05, 0.1) is 15.6 Å². The maximum Gasteiger partial charge on any atom is 0.368 e. The van der Waals surface area contributed by atoms with Gasteiger partial charge >= 0.3 is 5.69 Å². The van der Waals surface area contributed by atoms with Crippen molar-refractivity contribution in [2.24, 2.45) is 7.05 Å². The topological polar surface area (TPSA) is 98.9 Å². The van der Waals surface area contributed by atoms with Crippen LogP contribution in [0.1, 0.15) is 5.56 Å². The normalized spacial score (nSPS) is 11.6. The molecule has 0 bridgehead atoms. The summed E-state index contributed by atoms with van der Waals surface area (Å²) in [6.45, 7) is 0.145. The highest BCUT2D eigenvalue weighted by Crippen LogP contribution is 2.22. The molecule has 0 spiro atoms. The summed E-state index contributed by atoms with van der Waals surface area (Å²) in [4.78, 5) is 11.9. The summed E-state index contributed by atoms with van der Waals surface area (Å²) < 4.78 is 29.5. The third-order valence-corrected chi connectivity index (χ3v) is 5.21. The Hall–Kier alpha value is -2.49. The Morgan fingerprint density at radius 1 is 1.12 bits per heavy atom. The van der Waals surface area contributed by atoms with Crippen LogP contribution < -0.4 is 10.4 Å². The van der Waals surface area contributed by atoms with E-state index in [1.54, 1.807) is 0 Å². The molecule has 1 aromatic heterocycles. The molecule has 0 saturated heterocycles. The Morgan fingerprint density at radius 2 is 1.84 bits per heavy atom. The van der Waals surface area contributed by atoms with Crippen molar-refractivity contribution < 1.29 is 8.42 Å². The summed E-state index contributed by atoms with van der Waals surface area (Å²) >= 11 is 6.08. The van der Waals surface area contributed by atoms with E-state index in [1.807, 2.05) is 30.3 Å². The second kappa shape index (κ2) is 6.79. The molecular weight excluding hydrogens is 366 g/mol. The minimum Gasteiger partial charge on any atom is -0.244 e. The molecule has 2 aromatic carbocycles. The van der Waals surface area contributed by atoms with Gasteiger partial charge in [-0.25, -0.2) is 17.9 Å². The predicted octanol–water partition coefficient (Wildman–Crippen LogP) is 1.10. The first-order chi connectivity index (χ1) is 11.9. The fourth-order valence-electron chi connectivity index (χ4n) is 2.14. The number of rotatable bonds is 5. The SMILES string of the molecule is Cn1nnn(-c2cc(S(=O)(=O)NCc3ccccc3)ccc2Cl)c1=O. The number of nitrogens with one attached hydrogen (secondary N) is 1. The summed E-state index contributed by atoms with van der Waals surface area (Å²) in [6, 6.07) is 13.2. The van der Waals surface area contributed by atoms with Crippen LogP contribution in [-0.4, -0.2) is 28.2 Å². The summed E-state index contributed by atoms with van der Waals surface area (Å²) in [5, 5.41) is 7.46. The first kappa shape index (κ1) is 17.3. The van der Waals surface area contributed by atoms with Crippen molar-refractivity contribution in [2.75, 3.05) is 0 Å². The molecule has 0 radical (unpaired) electrons. The Balaban J connectivity index is 1.93. The van der Waals surface area contributed by atoms with Crippen LogP contribution in [-0.2, 0) is 23.6 Å². The van der Waals surface area contributed by atoms with Crippen molar-refractivity contribution in [2.45, 2.75) is 11.4 Å². The van der Waals surface area contributed by atoms with Gasteiger partial charge in [-0.2, -0.15) is 9.36 Å². The predicted molar refractivity (Wildman–Crippen MR) is 92.1 cm³/mol. The number of hydrogen-bond donors (Lipinski definition) is 1. The number of nitrogens with zero attached hydrogens (tertiary/aromatic N) is 4. The van der Waals surface area contributed by atoms with Crippen LogP contribution in [0.15, 0.2) is 58.2 Å². The number of benzene rings is 2. The van der Waals surface area contributed by atoms with Gasteiger partial charge in [0.1, 0.15) is 0 Å². The standard InChI is InChI=1S/C15H14ClN5O3S/c1-20-15(22)21(19-18-20)14-9-12(7-8-13(14)16)25(23,24)17-10-11-5-3-2-4-6-11/h2-9,17H,10H2,1H3. The molecule has 8 nitrogen and oxygen atoms in total. The van der Waals surface area contributed by atoms with Crippen molar-refractivity contribution >= 4 is 21.6 Å². The van der Waals surface area contributed by atoms with Crippen LogP contribution in [0.4, 0.5) is 0 Å².